The second kappa shape index (κ2) is 12.4. The second-order valence-electron chi connectivity index (χ2n) is 10.2. The van der Waals surface area contributed by atoms with Gasteiger partial charge >= 0.3 is 0 Å². The maximum atomic E-state index is 13.7. The van der Waals surface area contributed by atoms with Crippen LogP contribution in [0.5, 0.6) is 0 Å². The van der Waals surface area contributed by atoms with Crippen LogP contribution in [0.25, 0.3) is 10.2 Å². The molecule has 0 spiro atoms. The molecule has 0 N–H and O–H groups in total. The molecule has 1 fully saturated rings. The maximum absolute atomic E-state index is 13.7. The van der Waals surface area contributed by atoms with Gasteiger partial charge in [0.1, 0.15) is 0 Å². The largest absolute Gasteiger partial charge is 0.309 e. The topological polar surface area (TPSA) is 73.8 Å². The number of carbonyl (C=O) groups is 1. The zero-order valence-electron chi connectivity index (χ0n) is 22.6. The number of sulfonamides is 1. The van der Waals surface area contributed by atoms with Gasteiger partial charge in [-0.1, -0.05) is 49.1 Å². The van der Waals surface area contributed by atoms with E-state index in [1.54, 1.807) is 33.5 Å². The van der Waals surface area contributed by atoms with Crippen LogP contribution in [0, 0.1) is 6.92 Å². The Bertz CT molecular complexity index is 1370. The molecule has 38 heavy (non-hydrogen) atoms. The molecule has 10 heteroatoms. The molecule has 0 atom stereocenters. The van der Waals surface area contributed by atoms with Crippen LogP contribution in [-0.2, 0) is 10.0 Å². The SMILES string of the molecule is CCN(C1CCCCC1)S(=O)(=O)c1ccc(C(=O)N(CCCN(C)C)c2nc3c(C)cc(Cl)cc3s2)cc1. The number of nitrogens with zero attached hydrogens (tertiary/aromatic N) is 4. The number of benzene rings is 2. The maximum Gasteiger partial charge on any atom is 0.260 e. The number of anilines is 1. The summed E-state index contributed by atoms with van der Waals surface area (Å²) < 4.78 is 29.5. The molecule has 0 radical (unpaired) electrons. The minimum absolute atomic E-state index is 0.0447. The zero-order valence-corrected chi connectivity index (χ0v) is 25.0. The Labute approximate surface area is 235 Å². The van der Waals surface area contributed by atoms with Crippen molar-refractivity contribution in [1.82, 2.24) is 14.2 Å². The van der Waals surface area contributed by atoms with Crippen molar-refractivity contribution >= 4 is 54.2 Å². The molecular weight excluding hydrogens is 540 g/mol. The van der Waals surface area contributed by atoms with Gasteiger partial charge in [0.2, 0.25) is 10.0 Å². The first kappa shape index (κ1) is 29.0. The molecule has 3 aromatic rings. The monoisotopic (exact) mass is 576 g/mol. The Kier molecular flexibility index (Phi) is 9.47. The van der Waals surface area contributed by atoms with Crippen molar-refractivity contribution in [2.45, 2.75) is 63.3 Å². The summed E-state index contributed by atoms with van der Waals surface area (Å²) in [5.74, 6) is -0.199. The predicted molar refractivity (Wildman–Crippen MR) is 157 cm³/mol. The van der Waals surface area contributed by atoms with Gasteiger partial charge in [0.25, 0.3) is 5.91 Å². The lowest BCUT2D eigenvalue weighted by atomic mass is 9.95. The van der Waals surface area contributed by atoms with Crippen molar-refractivity contribution in [3.63, 3.8) is 0 Å². The van der Waals surface area contributed by atoms with E-state index in [2.05, 4.69) is 4.90 Å². The lowest BCUT2D eigenvalue weighted by molar-refractivity contribution is 0.0986. The van der Waals surface area contributed by atoms with E-state index in [4.69, 9.17) is 16.6 Å². The first-order valence-electron chi connectivity index (χ1n) is 13.3. The van der Waals surface area contributed by atoms with Gasteiger partial charge in [0, 0.05) is 29.7 Å². The van der Waals surface area contributed by atoms with Gasteiger partial charge in [-0.25, -0.2) is 13.4 Å². The van der Waals surface area contributed by atoms with Gasteiger partial charge in [0.15, 0.2) is 5.13 Å². The first-order valence-corrected chi connectivity index (χ1v) is 15.9. The standard InChI is InChI=1S/C28H37ClN4O3S2/c1-5-33(23-10-7-6-8-11-23)38(35,36)24-14-12-21(13-15-24)27(34)32(17-9-16-31(3)4)28-30-26-20(2)18-22(29)19-25(26)37-28/h12-15,18-19,23H,5-11,16-17H2,1-4H3. The number of amides is 1. The predicted octanol–water partition coefficient (Wildman–Crippen LogP) is 6.20. The molecule has 1 heterocycles. The second-order valence-corrected chi connectivity index (χ2v) is 13.5. The summed E-state index contributed by atoms with van der Waals surface area (Å²) in [7, 11) is 0.367. The van der Waals surface area contributed by atoms with E-state index in [-0.39, 0.29) is 16.8 Å². The number of aromatic nitrogens is 1. The lowest BCUT2D eigenvalue weighted by Crippen LogP contribution is -2.41. The molecule has 0 unspecified atom stereocenters. The molecule has 1 saturated carbocycles. The van der Waals surface area contributed by atoms with E-state index in [9.17, 15) is 13.2 Å². The van der Waals surface area contributed by atoms with E-state index in [1.165, 1.54) is 11.3 Å². The molecule has 1 aliphatic carbocycles. The van der Waals surface area contributed by atoms with Crippen LogP contribution in [0.1, 0.15) is 61.4 Å². The number of aryl methyl sites for hydroxylation is 1. The molecule has 0 aliphatic heterocycles. The molecule has 0 saturated heterocycles. The van der Waals surface area contributed by atoms with Crippen LogP contribution in [0.2, 0.25) is 5.02 Å². The average molecular weight is 577 g/mol. The Morgan fingerprint density at radius 1 is 1.08 bits per heavy atom. The van der Waals surface area contributed by atoms with E-state index in [0.717, 1.165) is 60.8 Å². The van der Waals surface area contributed by atoms with Crippen molar-refractivity contribution in [2.75, 3.05) is 38.6 Å². The summed E-state index contributed by atoms with van der Waals surface area (Å²) in [5, 5.41) is 1.25. The number of fused-ring (bicyclic) bond motifs is 1. The van der Waals surface area contributed by atoms with Crippen LogP contribution in [0.3, 0.4) is 0 Å². The van der Waals surface area contributed by atoms with E-state index >= 15 is 0 Å². The summed E-state index contributed by atoms with van der Waals surface area (Å²) in [5.41, 5.74) is 2.23. The fourth-order valence-electron chi connectivity index (χ4n) is 5.14. The minimum atomic E-state index is -3.64. The van der Waals surface area contributed by atoms with E-state index in [0.29, 0.717) is 28.8 Å². The van der Waals surface area contributed by atoms with Crippen molar-refractivity contribution in [1.29, 1.82) is 0 Å². The summed E-state index contributed by atoms with van der Waals surface area (Å²) in [6.45, 7) is 5.61. The third-order valence-corrected chi connectivity index (χ3v) is 10.4. The number of hydrogen-bond acceptors (Lipinski definition) is 6. The highest BCUT2D eigenvalue weighted by Crippen LogP contribution is 2.34. The van der Waals surface area contributed by atoms with E-state index < -0.39 is 10.0 Å². The van der Waals surface area contributed by atoms with Crippen molar-refractivity contribution in [3.8, 4) is 0 Å². The Morgan fingerprint density at radius 3 is 2.39 bits per heavy atom. The summed E-state index contributed by atoms with van der Waals surface area (Å²) in [6, 6.07) is 10.2. The van der Waals surface area contributed by atoms with Crippen molar-refractivity contribution in [2.24, 2.45) is 0 Å². The molecule has 1 aromatic heterocycles. The van der Waals surface area contributed by atoms with Crippen LogP contribution in [0.4, 0.5) is 5.13 Å². The molecule has 206 valence electrons. The summed E-state index contributed by atoms with van der Waals surface area (Å²) in [6.07, 6.45) is 5.86. The third kappa shape index (κ3) is 6.39. The van der Waals surface area contributed by atoms with Crippen molar-refractivity contribution in [3.05, 3.63) is 52.5 Å². The summed E-state index contributed by atoms with van der Waals surface area (Å²) >= 11 is 7.70. The van der Waals surface area contributed by atoms with Gasteiger partial charge < -0.3 is 4.90 Å². The Morgan fingerprint density at radius 2 is 1.76 bits per heavy atom. The van der Waals surface area contributed by atoms with Crippen LogP contribution >= 0.6 is 22.9 Å². The fraction of sp³-hybridized carbons (Fsp3) is 0.500. The number of hydrogen-bond donors (Lipinski definition) is 0. The minimum Gasteiger partial charge on any atom is -0.309 e. The average Bonchev–Trinajstić information content (AvgIpc) is 3.31. The van der Waals surface area contributed by atoms with Crippen LogP contribution < -0.4 is 4.90 Å². The molecule has 1 amide bonds. The van der Waals surface area contributed by atoms with Crippen molar-refractivity contribution < 1.29 is 13.2 Å². The number of thiazole rings is 1. The highest BCUT2D eigenvalue weighted by atomic mass is 35.5. The Hall–Kier alpha value is -2.04. The third-order valence-electron chi connectivity index (χ3n) is 7.10. The highest BCUT2D eigenvalue weighted by Gasteiger charge is 2.31. The Balaban J connectivity index is 1.61. The van der Waals surface area contributed by atoms with Gasteiger partial charge in [-0.3, -0.25) is 9.69 Å². The smallest absolute Gasteiger partial charge is 0.260 e. The summed E-state index contributed by atoms with van der Waals surface area (Å²) in [4.78, 5) is 22.5. The lowest BCUT2D eigenvalue weighted by Gasteiger charge is -2.32. The van der Waals surface area contributed by atoms with Crippen LogP contribution in [0.15, 0.2) is 41.3 Å². The van der Waals surface area contributed by atoms with Gasteiger partial charge in [0.05, 0.1) is 15.1 Å². The molecule has 2 aromatic carbocycles. The number of rotatable bonds is 10. The van der Waals surface area contributed by atoms with Gasteiger partial charge in [-0.05, 0) is 88.8 Å². The number of halogens is 1. The molecule has 1 aliphatic rings. The fourth-order valence-corrected chi connectivity index (χ4v) is 8.28. The van der Waals surface area contributed by atoms with Crippen LogP contribution in [-0.4, -0.2) is 68.3 Å². The zero-order chi connectivity index (χ0) is 27.4. The molecule has 7 nitrogen and oxygen atoms in total. The van der Waals surface area contributed by atoms with Gasteiger partial charge in [-0.2, -0.15) is 4.31 Å². The van der Waals surface area contributed by atoms with Gasteiger partial charge in [-0.15, -0.1) is 0 Å². The molecular formula is C28H37ClN4O3S2. The molecule has 0 bridgehead atoms. The highest BCUT2D eigenvalue weighted by molar-refractivity contribution is 7.89. The first-order chi connectivity index (χ1) is 18.1. The number of carbonyl (C=O) groups excluding carboxylic acids is 1. The normalized spacial score (nSPS) is 15.0. The quantitative estimate of drug-likeness (QED) is 0.287. The molecule has 4 rings (SSSR count). The van der Waals surface area contributed by atoms with E-state index in [1.807, 2.05) is 40.1 Å².